The van der Waals surface area contributed by atoms with Gasteiger partial charge in [0.15, 0.2) is 0 Å². The summed E-state index contributed by atoms with van der Waals surface area (Å²) < 4.78 is 7.50. The first kappa shape index (κ1) is 26.5. The van der Waals surface area contributed by atoms with Crippen molar-refractivity contribution in [3.05, 3.63) is 151 Å². The van der Waals surface area contributed by atoms with E-state index in [0.29, 0.717) is 5.56 Å². The lowest BCUT2D eigenvalue weighted by Gasteiger charge is -2.10. The van der Waals surface area contributed by atoms with Gasteiger partial charge in [0.25, 0.3) is 0 Å². The van der Waals surface area contributed by atoms with Crippen LogP contribution in [0.25, 0.3) is 90.1 Å². The quantitative estimate of drug-likeness (QED) is 0.190. The fourth-order valence-corrected chi connectivity index (χ4v) is 9.73. The van der Waals surface area contributed by atoms with Crippen LogP contribution in [0.4, 0.5) is 0 Å². The monoisotopic (exact) mass is 632 g/mol. The molecule has 0 N–H and O–H groups in total. The average Bonchev–Trinajstić information content (AvgIpc) is 3.80. The number of fused-ring (bicyclic) bond motifs is 9. The number of para-hydroxylation sites is 1. The zero-order valence-electron chi connectivity index (χ0n) is 25.1. The van der Waals surface area contributed by atoms with E-state index < -0.39 is 0 Å². The summed E-state index contributed by atoms with van der Waals surface area (Å²) in [4.78, 5) is 0. The molecule has 0 saturated heterocycles. The van der Waals surface area contributed by atoms with Crippen molar-refractivity contribution in [1.29, 1.82) is 5.26 Å². The number of rotatable bonds is 3. The van der Waals surface area contributed by atoms with Crippen molar-refractivity contribution in [3.8, 4) is 34.0 Å². The van der Waals surface area contributed by atoms with E-state index in [1.54, 1.807) is 0 Å². The fraction of sp³-hybridized carbons (Fsp3) is 0. The Balaban J connectivity index is 1.27. The van der Waals surface area contributed by atoms with Gasteiger partial charge in [-0.3, -0.25) is 0 Å². The van der Waals surface area contributed by atoms with Crippen molar-refractivity contribution in [2.75, 3.05) is 0 Å². The summed E-state index contributed by atoms with van der Waals surface area (Å²) in [7, 11) is 0. The molecule has 0 atom stereocenters. The molecule has 7 aromatic carbocycles. The number of hydrogen-bond donors (Lipinski definition) is 0. The summed E-state index contributed by atoms with van der Waals surface area (Å²) >= 11 is 3.72. The normalized spacial score (nSPS) is 11.8. The van der Waals surface area contributed by atoms with Crippen LogP contribution >= 0.6 is 22.7 Å². The molecule has 47 heavy (non-hydrogen) atoms. The van der Waals surface area contributed by atoms with Gasteiger partial charge in [-0.05, 0) is 65.2 Å². The molecule has 0 fully saturated rings. The molecule has 10 rings (SSSR count). The van der Waals surface area contributed by atoms with E-state index in [9.17, 15) is 5.26 Å². The summed E-state index contributed by atoms with van der Waals surface area (Å²) in [6.07, 6.45) is 0. The number of aromatic nitrogens is 1. The molecule has 0 unspecified atom stereocenters. The predicted molar refractivity (Wildman–Crippen MR) is 202 cm³/mol. The predicted octanol–water partition coefficient (Wildman–Crippen LogP) is 12.7. The molecule has 4 heteroatoms. The van der Waals surface area contributed by atoms with Crippen molar-refractivity contribution in [2.45, 2.75) is 0 Å². The second-order valence-electron chi connectivity index (χ2n) is 12.0. The van der Waals surface area contributed by atoms with Crippen molar-refractivity contribution >= 4 is 84.8 Å². The highest BCUT2D eigenvalue weighted by Crippen LogP contribution is 2.46. The molecule has 0 saturated carbocycles. The van der Waals surface area contributed by atoms with Crippen LogP contribution < -0.4 is 0 Å². The van der Waals surface area contributed by atoms with Crippen molar-refractivity contribution in [1.82, 2.24) is 4.57 Å². The molecule has 3 heterocycles. The largest absolute Gasteiger partial charge is 0.308 e. The number of thiophene rings is 2. The lowest BCUT2D eigenvalue weighted by atomic mass is 9.95. The molecule has 0 aliphatic heterocycles. The van der Waals surface area contributed by atoms with Crippen molar-refractivity contribution in [3.63, 3.8) is 0 Å². The van der Waals surface area contributed by atoms with E-state index in [0.717, 1.165) is 22.1 Å². The van der Waals surface area contributed by atoms with Gasteiger partial charge in [-0.1, -0.05) is 97.1 Å². The Morgan fingerprint density at radius 1 is 0.447 bits per heavy atom. The van der Waals surface area contributed by atoms with Crippen LogP contribution in [0, 0.1) is 11.3 Å². The maximum Gasteiger partial charge on any atom is 0.0992 e. The molecule has 0 spiro atoms. The van der Waals surface area contributed by atoms with Gasteiger partial charge in [-0.2, -0.15) is 5.26 Å². The van der Waals surface area contributed by atoms with Gasteiger partial charge in [-0.15, -0.1) is 22.7 Å². The summed E-state index contributed by atoms with van der Waals surface area (Å²) in [5.74, 6) is 0. The van der Waals surface area contributed by atoms with Crippen LogP contribution in [0.3, 0.4) is 0 Å². The van der Waals surface area contributed by atoms with E-state index in [1.807, 2.05) is 34.8 Å². The molecule has 0 radical (unpaired) electrons. The second kappa shape index (κ2) is 10.1. The summed E-state index contributed by atoms with van der Waals surface area (Å²) in [6.45, 7) is 0. The van der Waals surface area contributed by atoms with Crippen LogP contribution in [0.2, 0.25) is 0 Å². The molecule has 2 nitrogen and oxygen atoms in total. The SMILES string of the molecule is N#Cc1ccc2c3ccccc3n(-c3cccc4c3sc3c(-c5ccccc5)cc(-c5ccc6c(c5)sc5ccccc56)cc34)c2c1. The molecule has 0 amide bonds. The maximum absolute atomic E-state index is 9.80. The van der Waals surface area contributed by atoms with Gasteiger partial charge in [0, 0.05) is 52.0 Å². The smallest absolute Gasteiger partial charge is 0.0992 e. The van der Waals surface area contributed by atoms with Crippen LogP contribution in [0.15, 0.2) is 146 Å². The summed E-state index contributed by atoms with van der Waals surface area (Å²) in [6, 6.07) is 54.8. The molecule has 3 aromatic heterocycles. The Morgan fingerprint density at radius 2 is 1.19 bits per heavy atom. The van der Waals surface area contributed by atoms with Crippen molar-refractivity contribution in [2.24, 2.45) is 0 Å². The minimum atomic E-state index is 0.664. The van der Waals surface area contributed by atoms with Crippen LogP contribution in [0.5, 0.6) is 0 Å². The van der Waals surface area contributed by atoms with Crippen LogP contribution in [-0.2, 0) is 0 Å². The molecular weight excluding hydrogens is 609 g/mol. The first-order valence-corrected chi connectivity index (χ1v) is 17.3. The Kier molecular flexibility index (Phi) is 5.71. The second-order valence-corrected chi connectivity index (χ2v) is 14.1. The molecule has 0 aliphatic carbocycles. The first-order chi connectivity index (χ1) is 23.2. The zero-order chi connectivity index (χ0) is 31.1. The minimum absolute atomic E-state index is 0.664. The highest BCUT2D eigenvalue weighted by atomic mass is 32.1. The van der Waals surface area contributed by atoms with Gasteiger partial charge < -0.3 is 4.57 Å². The summed E-state index contributed by atoms with van der Waals surface area (Å²) in [5.41, 5.74) is 8.90. The van der Waals surface area contributed by atoms with Gasteiger partial charge in [-0.25, -0.2) is 0 Å². The van der Waals surface area contributed by atoms with Gasteiger partial charge in [0.1, 0.15) is 0 Å². The van der Waals surface area contributed by atoms with E-state index in [1.165, 1.54) is 68.0 Å². The minimum Gasteiger partial charge on any atom is -0.308 e. The van der Waals surface area contributed by atoms with Gasteiger partial charge in [0.05, 0.1) is 33.1 Å². The third kappa shape index (κ3) is 3.95. The molecule has 218 valence electrons. The third-order valence-electron chi connectivity index (χ3n) is 9.42. The third-order valence-corrected chi connectivity index (χ3v) is 11.8. The molecule has 0 aliphatic rings. The first-order valence-electron chi connectivity index (χ1n) is 15.7. The van der Waals surface area contributed by atoms with Gasteiger partial charge in [0.2, 0.25) is 0 Å². The van der Waals surface area contributed by atoms with E-state index in [-0.39, 0.29) is 0 Å². The fourth-order valence-electron chi connectivity index (χ4n) is 7.27. The van der Waals surface area contributed by atoms with Crippen molar-refractivity contribution < 1.29 is 0 Å². The maximum atomic E-state index is 9.80. The van der Waals surface area contributed by atoms with Crippen LogP contribution in [-0.4, -0.2) is 4.57 Å². The topological polar surface area (TPSA) is 28.7 Å². The summed E-state index contributed by atoms with van der Waals surface area (Å²) in [5, 5.41) is 17.3. The lowest BCUT2D eigenvalue weighted by Crippen LogP contribution is -1.94. The van der Waals surface area contributed by atoms with E-state index in [4.69, 9.17) is 0 Å². The highest BCUT2D eigenvalue weighted by molar-refractivity contribution is 7.27. The number of nitrogens with zero attached hydrogens (tertiary/aromatic N) is 2. The molecular formula is C43H24N2S2. The Hall–Kier alpha value is -5.73. The average molecular weight is 633 g/mol. The lowest BCUT2D eigenvalue weighted by molar-refractivity contribution is 1.20. The Bertz CT molecular complexity index is 2920. The standard InChI is InChI=1S/C43H24N2S2/c44-25-26-17-19-31-30-11-4-6-14-37(30)45(39(31)21-26)38-15-8-13-34-36-23-29(22-35(42(36)47-43(34)38)27-9-2-1-3-10-27)28-18-20-33-32-12-5-7-16-40(32)46-41(33)24-28/h1-24H. The zero-order valence-corrected chi connectivity index (χ0v) is 26.7. The number of nitriles is 1. The van der Waals surface area contributed by atoms with E-state index >= 15 is 0 Å². The molecule has 0 bridgehead atoms. The Labute approximate surface area is 278 Å². The number of hydrogen-bond acceptors (Lipinski definition) is 3. The van der Waals surface area contributed by atoms with Gasteiger partial charge >= 0.3 is 0 Å². The molecule has 10 aromatic rings. The Morgan fingerprint density at radius 3 is 2.09 bits per heavy atom. The number of benzene rings is 7. The van der Waals surface area contributed by atoms with Crippen LogP contribution in [0.1, 0.15) is 5.56 Å². The highest BCUT2D eigenvalue weighted by Gasteiger charge is 2.19. The van der Waals surface area contributed by atoms with E-state index in [2.05, 4.69) is 144 Å².